The minimum Gasteiger partial charge on any atom is -0.384 e. The predicted molar refractivity (Wildman–Crippen MR) is 77.0 cm³/mol. The molecule has 0 aromatic carbocycles. The van der Waals surface area contributed by atoms with Gasteiger partial charge in [-0.05, 0) is 12.5 Å². The van der Waals surface area contributed by atoms with Gasteiger partial charge in [-0.1, -0.05) is 18.8 Å². The van der Waals surface area contributed by atoms with Crippen molar-refractivity contribution in [2.24, 2.45) is 0 Å². The Kier molecular flexibility index (Phi) is 5.31. The predicted octanol–water partition coefficient (Wildman–Crippen LogP) is 0.225. The zero-order valence-corrected chi connectivity index (χ0v) is 12.6. The van der Waals surface area contributed by atoms with Crippen LogP contribution in [-0.4, -0.2) is 55.2 Å². The second kappa shape index (κ2) is 7.00. The topological polar surface area (TPSA) is 79.7 Å². The summed E-state index contributed by atoms with van der Waals surface area (Å²) in [6.45, 7) is 2.80. The first-order valence-corrected chi connectivity index (χ1v) is 8.18. The molecule has 1 N–H and O–H groups in total. The summed E-state index contributed by atoms with van der Waals surface area (Å²) < 4.78 is 32.2. The lowest BCUT2D eigenvalue weighted by molar-refractivity contribution is 0.0314. The van der Waals surface area contributed by atoms with Crippen molar-refractivity contribution in [1.82, 2.24) is 9.29 Å². The summed E-state index contributed by atoms with van der Waals surface area (Å²) in [6.07, 6.45) is 3.48. The minimum atomic E-state index is -3.61. The highest BCUT2D eigenvalue weighted by molar-refractivity contribution is 7.89. The molecule has 0 bridgehead atoms. The van der Waals surface area contributed by atoms with Crippen LogP contribution in [0.4, 0.5) is 0 Å². The molecule has 21 heavy (non-hydrogen) atoms. The molecule has 0 aliphatic carbocycles. The maximum absolute atomic E-state index is 12.7. The second-order valence-corrected chi connectivity index (χ2v) is 6.51. The highest BCUT2D eigenvalue weighted by Crippen LogP contribution is 2.22. The summed E-state index contributed by atoms with van der Waals surface area (Å²) in [5.41, 5.74) is 0.464. The molecule has 1 fully saturated rings. The first-order chi connectivity index (χ1) is 10.1. The van der Waals surface area contributed by atoms with E-state index in [1.54, 1.807) is 0 Å². The van der Waals surface area contributed by atoms with Gasteiger partial charge in [0.05, 0.1) is 13.2 Å². The Morgan fingerprint density at radius 1 is 1.52 bits per heavy atom. The molecule has 1 aliphatic heterocycles. The van der Waals surface area contributed by atoms with Crippen molar-refractivity contribution < 1.29 is 18.3 Å². The third-order valence-electron chi connectivity index (χ3n) is 3.28. The number of hydrogen-bond donors (Lipinski definition) is 1. The van der Waals surface area contributed by atoms with Gasteiger partial charge < -0.3 is 9.84 Å². The van der Waals surface area contributed by atoms with Crippen LogP contribution in [0, 0.1) is 11.8 Å². The first-order valence-electron chi connectivity index (χ1n) is 6.74. The third kappa shape index (κ3) is 3.60. The molecule has 2 rings (SSSR count). The SMILES string of the molecule is CCC1COCCN1S(=O)(=O)c1cncc(C#CCO)c1. The van der Waals surface area contributed by atoms with Crippen LogP contribution >= 0.6 is 0 Å². The van der Waals surface area contributed by atoms with Crippen molar-refractivity contribution in [1.29, 1.82) is 0 Å². The van der Waals surface area contributed by atoms with Gasteiger partial charge in [0.15, 0.2) is 0 Å². The lowest BCUT2D eigenvalue weighted by Crippen LogP contribution is -2.48. The van der Waals surface area contributed by atoms with Gasteiger partial charge in [0.1, 0.15) is 11.5 Å². The van der Waals surface area contributed by atoms with Crippen molar-refractivity contribution in [3.05, 3.63) is 24.0 Å². The van der Waals surface area contributed by atoms with E-state index in [-0.39, 0.29) is 17.5 Å². The Balaban J connectivity index is 2.34. The van der Waals surface area contributed by atoms with E-state index in [0.29, 0.717) is 31.7 Å². The molecular formula is C14H18N2O4S. The number of rotatable bonds is 3. The van der Waals surface area contributed by atoms with Crippen molar-refractivity contribution in [3.63, 3.8) is 0 Å². The van der Waals surface area contributed by atoms with E-state index in [2.05, 4.69) is 16.8 Å². The van der Waals surface area contributed by atoms with E-state index in [9.17, 15) is 8.42 Å². The average Bonchev–Trinajstić information content (AvgIpc) is 2.53. The molecule has 0 radical (unpaired) electrons. The van der Waals surface area contributed by atoms with Gasteiger partial charge in [0.2, 0.25) is 10.0 Å². The van der Waals surface area contributed by atoms with Gasteiger partial charge in [-0.15, -0.1) is 0 Å². The Labute approximate surface area is 124 Å². The molecule has 0 saturated carbocycles. The lowest BCUT2D eigenvalue weighted by Gasteiger charge is -2.33. The van der Waals surface area contributed by atoms with E-state index in [1.807, 2.05) is 6.92 Å². The van der Waals surface area contributed by atoms with E-state index in [1.165, 1.54) is 22.8 Å². The van der Waals surface area contributed by atoms with Crippen LogP contribution in [0.3, 0.4) is 0 Å². The van der Waals surface area contributed by atoms with Crippen molar-refractivity contribution in [3.8, 4) is 11.8 Å². The van der Waals surface area contributed by atoms with Gasteiger partial charge in [-0.2, -0.15) is 4.31 Å². The number of hydrogen-bond acceptors (Lipinski definition) is 5. The molecule has 1 aliphatic rings. The molecule has 6 nitrogen and oxygen atoms in total. The van der Waals surface area contributed by atoms with Gasteiger partial charge in [0.25, 0.3) is 0 Å². The van der Waals surface area contributed by atoms with Crippen LogP contribution in [0.2, 0.25) is 0 Å². The summed E-state index contributed by atoms with van der Waals surface area (Å²) in [6, 6.07) is 1.32. The molecular weight excluding hydrogens is 292 g/mol. The maximum Gasteiger partial charge on any atom is 0.245 e. The fourth-order valence-electron chi connectivity index (χ4n) is 2.18. The molecule has 1 unspecified atom stereocenters. The number of ether oxygens (including phenoxy) is 1. The normalized spacial score (nSPS) is 19.8. The summed E-state index contributed by atoms with van der Waals surface area (Å²) >= 11 is 0. The highest BCUT2D eigenvalue weighted by Gasteiger charge is 2.33. The number of morpholine rings is 1. The first kappa shape index (κ1) is 15.9. The van der Waals surface area contributed by atoms with E-state index in [4.69, 9.17) is 9.84 Å². The third-order valence-corrected chi connectivity index (χ3v) is 5.19. The van der Waals surface area contributed by atoms with Crippen LogP contribution in [0.25, 0.3) is 0 Å². The van der Waals surface area contributed by atoms with Crippen molar-refractivity contribution >= 4 is 10.0 Å². The molecule has 1 aromatic rings. The number of aromatic nitrogens is 1. The van der Waals surface area contributed by atoms with E-state index >= 15 is 0 Å². The minimum absolute atomic E-state index is 0.118. The summed E-state index contributed by atoms with van der Waals surface area (Å²) in [5, 5.41) is 8.69. The largest absolute Gasteiger partial charge is 0.384 e. The standard InChI is InChI=1S/C14H18N2O4S/c1-2-13-11-20-7-5-16(13)21(18,19)14-8-12(4-3-6-17)9-15-10-14/h8-10,13,17H,2,5-7,11H2,1H3. The highest BCUT2D eigenvalue weighted by atomic mass is 32.2. The summed E-state index contributed by atoms with van der Waals surface area (Å²) in [4.78, 5) is 4.05. The monoisotopic (exact) mass is 310 g/mol. The molecule has 1 atom stereocenters. The summed E-state index contributed by atoms with van der Waals surface area (Å²) in [7, 11) is -3.61. The maximum atomic E-state index is 12.7. The molecule has 0 spiro atoms. The fraction of sp³-hybridized carbons (Fsp3) is 0.500. The number of aliphatic hydroxyl groups excluding tert-OH is 1. The lowest BCUT2D eigenvalue weighted by atomic mass is 10.2. The number of sulfonamides is 1. The summed E-state index contributed by atoms with van der Waals surface area (Å²) in [5.74, 6) is 5.14. The Morgan fingerprint density at radius 2 is 2.33 bits per heavy atom. The molecule has 114 valence electrons. The Morgan fingerprint density at radius 3 is 3.05 bits per heavy atom. The number of nitrogens with zero attached hydrogens (tertiary/aromatic N) is 2. The van der Waals surface area contributed by atoms with Crippen molar-refractivity contribution in [2.45, 2.75) is 24.3 Å². The smallest absolute Gasteiger partial charge is 0.245 e. The van der Waals surface area contributed by atoms with E-state index < -0.39 is 10.0 Å². The van der Waals surface area contributed by atoms with Crippen LogP contribution < -0.4 is 0 Å². The van der Waals surface area contributed by atoms with Crippen LogP contribution in [0.15, 0.2) is 23.4 Å². The van der Waals surface area contributed by atoms with Gasteiger partial charge in [-0.25, -0.2) is 8.42 Å². The average molecular weight is 310 g/mol. The zero-order chi connectivity index (χ0) is 15.3. The van der Waals surface area contributed by atoms with Gasteiger partial charge in [-0.3, -0.25) is 4.98 Å². The van der Waals surface area contributed by atoms with Crippen LogP contribution in [0.5, 0.6) is 0 Å². The van der Waals surface area contributed by atoms with E-state index in [0.717, 1.165) is 0 Å². The zero-order valence-electron chi connectivity index (χ0n) is 11.8. The van der Waals surface area contributed by atoms with Crippen LogP contribution in [-0.2, 0) is 14.8 Å². The second-order valence-electron chi connectivity index (χ2n) is 4.62. The number of pyridine rings is 1. The molecule has 0 amide bonds. The Bertz CT molecular complexity index is 648. The van der Waals surface area contributed by atoms with Crippen LogP contribution in [0.1, 0.15) is 18.9 Å². The Hall–Kier alpha value is -1.46. The fourth-order valence-corrected chi connectivity index (χ4v) is 3.84. The van der Waals surface area contributed by atoms with Crippen molar-refractivity contribution in [2.75, 3.05) is 26.4 Å². The van der Waals surface area contributed by atoms with Gasteiger partial charge in [0, 0.05) is 30.5 Å². The molecule has 2 heterocycles. The molecule has 1 saturated heterocycles. The number of aliphatic hydroxyl groups is 1. The quantitative estimate of drug-likeness (QED) is 0.808. The molecule has 7 heteroatoms. The molecule has 1 aromatic heterocycles. The van der Waals surface area contributed by atoms with Gasteiger partial charge >= 0.3 is 0 Å².